The molecule has 0 saturated carbocycles. The number of hydrogen-bond donors (Lipinski definition) is 0. The molecule has 0 N–H and O–H groups in total. The summed E-state index contributed by atoms with van der Waals surface area (Å²) in [5, 5.41) is -0.201. The van der Waals surface area contributed by atoms with Crippen molar-refractivity contribution in [3.8, 4) is 11.5 Å². The summed E-state index contributed by atoms with van der Waals surface area (Å²) in [5.74, 6) is -0.517. The molecule has 0 atom stereocenters. The molecule has 0 aliphatic carbocycles. The Bertz CT molecular complexity index is 483. The van der Waals surface area contributed by atoms with Crippen molar-refractivity contribution in [3.63, 3.8) is 0 Å². The lowest BCUT2D eigenvalue weighted by Crippen LogP contribution is -2.08. The van der Waals surface area contributed by atoms with Crippen molar-refractivity contribution in [2.75, 3.05) is 13.7 Å². The fraction of sp³-hybridized carbons (Fsp3) is 0.273. The number of rotatable bonds is 4. The van der Waals surface area contributed by atoms with Crippen LogP contribution in [-0.2, 0) is 6.18 Å². The summed E-state index contributed by atoms with van der Waals surface area (Å²) < 4.78 is 48.0. The molecule has 0 unspecified atom stereocenters. The number of hydrogen-bond acceptors (Lipinski definition) is 2. The molecule has 0 aliphatic rings. The molecule has 8 heteroatoms. The van der Waals surface area contributed by atoms with E-state index in [1.54, 1.807) is 0 Å². The Morgan fingerprint density at radius 2 is 1.95 bits per heavy atom. The van der Waals surface area contributed by atoms with Crippen LogP contribution in [0.2, 0.25) is 5.02 Å². The predicted octanol–water partition coefficient (Wildman–Crippen LogP) is 5.07. The van der Waals surface area contributed by atoms with E-state index in [0.29, 0.717) is 0 Å². The SMILES string of the molecule is COc1c(Cl)cc(OCC=C(Cl)Cl)cc1C(F)(F)F. The fourth-order valence-electron chi connectivity index (χ4n) is 1.27. The van der Waals surface area contributed by atoms with E-state index in [1.807, 2.05) is 0 Å². The molecule has 0 aromatic heterocycles. The van der Waals surface area contributed by atoms with Gasteiger partial charge in [0.25, 0.3) is 0 Å². The van der Waals surface area contributed by atoms with Gasteiger partial charge in [0.05, 0.1) is 12.1 Å². The van der Waals surface area contributed by atoms with Crippen molar-refractivity contribution in [2.45, 2.75) is 6.18 Å². The van der Waals surface area contributed by atoms with Crippen molar-refractivity contribution in [1.82, 2.24) is 0 Å². The number of halogens is 6. The summed E-state index contributed by atoms with van der Waals surface area (Å²) in [6.45, 7) is -0.0811. The summed E-state index contributed by atoms with van der Waals surface area (Å²) >= 11 is 16.4. The molecule has 1 aromatic rings. The smallest absolute Gasteiger partial charge is 0.420 e. The molecule has 1 rings (SSSR count). The molecule has 0 amide bonds. The van der Waals surface area contributed by atoms with Gasteiger partial charge in [0, 0.05) is 6.07 Å². The van der Waals surface area contributed by atoms with Gasteiger partial charge < -0.3 is 9.47 Å². The number of alkyl halides is 3. The van der Waals surface area contributed by atoms with Crippen molar-refractivity contribution >= 4 is 34.8 Å². The summed E-state index contributed by atoms with van der Waals surface area (Å²) in [4.78, 5) is 0. The molecule has 2 nitrogen and oxygen atoms in total. The van der Waals surface area contributed by atoms with Crippen LogP contribution in [0.25, 0.3) is 0 Å². The molecule has 19 heavy (non-hydrogen) atoms. The summed E-state index contributed by atoms with van der Waals surface area (Å²) in [7, 11) is 1.10. The Balaban J connectivity index is 3.10. The van der Waals surface area contributed by atoms with Gasteiger partial charge in [0.15, 0.2) is 0 Å². The quantitative estimate of drug-likeness (QED) is 0.765. The molecule has 0 aliphatic heterocycles. The third-order valence-corrected chi connectivity index (χ3v) is 2.60. The van der Waals surface area contributed by atoms with Crippen LogP contribution in [0.5, 0.6) is 11.5 Å². The average Bonchev–Trinajstić information content (AvgIpc) is 2.26. The second kappa shape index (κ2) is 6.59. The molecule has 1 aromatic carbocycles. The maximum Gasteiger partial charge on any atom is 0.420 e. The maximum absolute atomic E-state index is 12.8. The van der Waals surface area contributed by atoms with E-state index in [-0.39, 0.29) is 21.9 Å². The van der Waals surface area contributed by atoms with Crippen LogP contribution in [0.3, 0.4) is 0 Å². The van der Waals surface area contributed by atoms with Gasteiger partial charge in [-0.25, -0.2) is 0 Å². The second-order valence-electron chi connectivity index (χ2n) is 3.29. The van der Waals surface area contributed by atoms with Crippen molar-refractivity contribution in [2.24, 2.45) is 0 Å². The molecule has 0 radical (unpaired) electrons. The van der Waals surface area contributed by atoms with E-state index >= 15 is 0 Å². The monoisotopic (exact) mass is 334 g/mol. The van der Waals surface area contributed by atoms with E-state index < -0.39 is 17.5 Å². The van der Waals surface area contributed by atoms with E-state index in [0.717, 1.165) is 13.2 Å². The van der Waals surface area contributed by atoms with Crippen LogP contribution in [0, 0.1) is 0 Å². The van der Waals surface area contributed by atoms with Crippen LogP contribution in [0.1, 0.15) is 5.56 Å². The second-order valence-corrected chi connectivity index (χ2v) is 4.70. The van der Waals surface area contributed by atoms with Gasteiger partial charge in [-0.1, -0.05) is 34.8 Å². The summed E-state index contributed by atoms with van der Waals surface area (Å²) in [6, 6.07) is 2.01. The Hall–Kier alpha value is -0.780. The lowest BCUT2D eigenvalue weighted by Gasteiger charge is -2.15. The van der Waals surface area contributed by atoms with Crippen LogP contribution in [-0.4, -0.2) is 13.7 Å². The van der Waals surface area contributed by atoms with Gasteiger partial charge in [-0.3, -0.25) is 0 Å². The molecule has 0 saturated heterocycles. The first kappa shape index (κ1) is 16.3. The maximum atomic E-state index is 12.8. The summed E-state index contributed by atoms with van der Waals surface area (Å²) in [6.07, 6.45) is -3.32. The standard InChI is InChI=1S/C11H8Cl3F3O2/c1-18-10-7(11(15,16)17)4-6(5-8(10)12)19-3-2-9(13)14/h2,4-5H,3H2,1H3. The highest BCUT2D eigenvalue weighted by molar-refractivity contribution is 6.55. The van der Waals surface area contributed by atoms with E-state index in [9.17, 15) is 13.2 Å². The molecule has 0 fully saturated rings. The van der Waals surface area contributed by atoms with Crippen LogP contribution < -0.4 is 9.47 Å². The van der Waals surface area contributed by atoms with Crippen molar-refractivity contribution < 1.29 is 22.6 Å². The lowest BCUT2D eigenvalue weighted by molar-refractivity contribution is -0.138. The molecular weight excluding hydrogens is 327 g/mol. The predicted molar refractivity (Wildman–Crippen MR) is 68.3 cm³/mol. The van der Waals surface area contributed by atoms with Crippen molar-refractivity contribution in [3.05, 3.63) is 33.3 Å². The van der Waals surface area contributed by atoms with Crippen molar-refractivity contribution in [1.29, 1.82) is 0 Å². The van der Waals surface area contributed by atoms with E-state index in [1.165, 1.54) is 12.1 Å². The van der Waals surface area contributed by atoms with E-state index in [2.05, 4.69) is 4.74 Å². The third-order valence-electron chi connectivity index (χ3n) is 2.01. The minimum Gasteiger partial charge on any atom is -0.495 e. The highest BCUT2D eigenvalue weighted by atomic mass is 35.5. The van der Waals surface area contributed by atoms with Crippen LogP contribution in [0.15, 0.2) is 22.7 Å². The largest absolute Gasteiger partial charge is 0.495 e. The highest BCUT2D eigenvalue weighted by Crippen LogP contribution is 2.42. The third kappa shape index (κ3) is 4.67. The Labute approximate surface area is 122 Å². The van der Waals surface area contributed by atoms with Crippen LogP contribution in [0.4, 0.5) is 13.2 Å². The molecule has 0 heterocycles. The number of benzene rings is 1. The average molecular weight is 336 g/mol. The minimum atomic E-state index is -4.60. The van der Waals surface area contributed by atoms with Crippen LogP contribution >= 0.6 is 34.8 Å². The Morgan fingerprint density at radius 3 is 2.42 bits per heavy atom. The Kier molecular flexibility index (Phi) is 5.64. The van der Waals surface area contributed by atoms with Gasteiger partial charge >= 0.3 is 6.18 Å². The zero-order valence-corrected chi connectivity index (χ0v) is 11.8. The highest BCUT2D eigenvalue weighted by Gasteiger charge is 2.36. The normalized spacial score (nSPS) is 11.1. The number of methoxy groups -OCH3 is 1. The lowest BCUT2D eigenvalue weighted by atomic mass is 10.2. The van der Waals surface area contributed by atoms with Gasteiger partial charge in [0.2, 0.25) is 0 Å². The molecule has 106 valence electrons. The first-order valence-electron chi connectivity index (χ1n) is 4.84. The Morgan fingerprint density at radius 1 is 1.32 bits per heavy atom. The first-order valence-corrected chi connectivity index (χ1v) is 5.97. The zero-order chi connectivity index (χ0) is 14.6. The molecular formula is C11H8Cl3F3O2. The number of ether oxygens (including phenoxy) is 2. The van der Waals surface area contributed by atoms with Gasteiger partial charge in [-0.2, -0.15) is 13.2 Å². The molecule has 0 bridgehead atoms. The first-order chi connectivity index (χ1) is 8.75. The minimum absolute atomic E-state index is 0.0457. The van der Waals surface area contributed by atoms with Gasteiger partial charge in [-0.05, 0) is 12.1 Å². The van der Waals surface area contributed by atoms with Gasteiger partial charge in [-0.15, -0.1) is 0 Å². The topological polar surface area (TPSA) is 18.5 Å². The zero-order valence-electron chi connectivity index (χ0n) is 9.52. The van der Waals surface area contributed by atoms with E-state index in [4.69, 9.17) is 39.5 Å². The fourth-order valence-corrected chi connectivity index (χ4v) is 1.68. The van der Waals surface area contributed by atoms with Gasteiger partial charge in [0.1, 0.15) is 28.2 Å². The summed E-state index contributed by atoms with van der Waals surface area (Å²) in [5.41, 5.74) is -1.02. The molecule has 0 spiro atoms.